The molecule has 2 N–H and O–H groups in total. The molecule has 0 radical (unpaired) electrons. The molecular weight excluding hydrogens is 359 g/mol. The van der Waals surface area contributed by atoms with Crippen LogP contribution < -0.4 is 0 Å². The Kier molecular flexibility index (Phi) is 4.07. The molecule has 3 aromatic rings. The Morgan fingerprint density at radius 2 is 1.79 bits per heavy atom. The molecule has 1 aromatic heterocycles. The SMILES string of the molecule is CC1(C)CN(C(=O)c2ccccc2F)C=C(C(=O)O)c2[nH]c3ccccc3c21. The number of H-pyrrole nitrogens is 1. The number of hydrogen-bond acceptors (Lipinski definition) is 2. The van der Waals surface area contributed by atoms with Gasteiger partial charge in [-0.2, -0.15) is 0 Å². The van der Waals surface area contributed by atoms with E-state index in [0.717, 1.165) is 16.5 Å². The summed E-state index contributed by atoms with van der Waals surface area (Å²) < 4.78 is 14.2. The van der Waals surface area contributed by atoms with Crippen LogP contribution in [0.2, 0.25) is 0 Å². The number of aromatic nitrogens is 1. The fourth-order valence-electron chi connectivity index (χ4n) is 3.90. The first kappa shape index (κ1) is 18.0. The lowest BCUT2D eigenvalue weighted by Gasteiger charge is -2.29. The van der Waals surface area contributed by atoms with Crippen LogP contribution >= 0.6 is 0 Å². The minimum absolute atomic E-state index is 0.0264. The van der Waals surface area contributed by atoms with E-state index in [4.69, 9.17) is 0 Å². The number of nitrogens with one attached hydrogen (secondary N) is 1. The summed E-state index contributed by atoms with van der Waals surface area (Å²) >= 11 is 0. The summed E-state index contributed by atoms with van der Waals surface area (Å²) in [7, 11) is 0. The van der Waals surface area contributed by atoms with Gasteiger partial charge in [0.15, 0.2) is 0 Å². The topological polar surface area (TPSA) is 73.4 Å². The zero-order chi connectivity index (χ0) is 20.1. The van der Waals surface area contributed by atoms with Gasteiger partial charge in [0.25, 0.3) is 5.91 Å². The van der Waals surface area contributed by atoms with Crippen molar-refractivity contribution in [2.75, 3.05) is 6.54 Å². The molecule has 5 nitrogen and oxygen atoms in total. The number of aliphatic carboxylic acids is 1. The van der Waals surface area contributed by atoms with E-state index in [9.17, 15) is 19.1 Å². The normalized spacial score (nSPS) is 15.7. The smallest absolute Gasteiger partial charge is 0.339 e. The molecule has 1 aliphatic rings. The van der Waals surface area contributed by atoms with Crippen LogP contribution in [0.1, 0.15) is 35.5 Å². The Hall–Kier alpha value is -3.41. The molecule has 6 heteroatoms. The lowest BCUT2D eigenvalue weighted by molar-refractivity contribution is -0.130. The molecule has 28 heavy (non-hydrogen) atoms. The van der Waals surface area contributed by atoms with Gasteiger partial charge >= 0.3 is 5.97 Å². The average molecular weight is 378 g/mol. The molecule has 0 bridgehead atoms. The number of carbonyl (C=O) groups is 2. The van der Waals surface area contributed by atoms with Crippen LogP contribution in [-0.2, 0) is 10.2 Å². The van der Waals surface area contributed by atoms with Crippen LogP contribution in [0.3, 0.4) is 0 Å². The van der Waals surface area contributed by atoms with Crippen molar-refractivity contribution in [3.8, 4) is 0 Å². The third-order valence-electron chi connectivity index (χ3n) is 5.10. The number of carbonyl (C=O) groups excluding carboxylic acids is 1. The van der Waals surface area contributed by atoms with Gasteiger partial charge in [0, 0.05) is 29.1 Å². The van der Waals surface area contributed by atoms with E-state index in [1.807, 2.05) is 38.1 Å². The Morgan fingerprint density at radius 3 is 2.50 bits per heavy atom. The van der Waals surface area contributed by atoms with E-state index >= 15 is 0 Å². The number of fused-ring (bicyclic) bond motifs is 3. The lowest BCUT2D eigenvalue weighted by atomic mass is 9.81. The maximum absolute atomic E-state index is 14.2. The van der Waals surface area contributed by atoms with Gasteiger partial charge in [-0.1, -0.05) is 44.2 Å². The van der Waals surface area contributed by atoms with Gasteiger partial charge < -0.3 is 15.0 Å². The van der Waals surface area contributed by atoms with Gasteiger partial charge in [-0.15, -0.1) is 0 Å². The molecule has 0 atom stereocenters. The van der Waals surface area contributed by atoms with E-state index < -0.39 is 23.1 Å². The molecule has 4 rings (SSSR count). The Balaban J connectivity index is 1.92. The summed E-state index contributed by atoms with van der Waals surface area (Å²) in [4.78, 5) is 29.5. The summed E-state index contributed by atoms with van der Waals surface area (Å²) in [6, 6.07) is 13.3. The van der Waals surface area contributed by atoms with Crippen LogP contribution in [0.4, 0.5) is 4.39 Å². The van der Waals surface area contributed by atoms with Crippen LogP contribution in [0.15, 0.2) is 54.7 Å². The molecule has 2 heterocycles. The van der Waals surface area contributed by atoms with Crippen molar-refractivity contribution in [2.45, 2.75) is 19.3 Å². The first-order chi connectivity index (χ1) is 13.3. The van der Waals surface area contributed by atoms with Gasteiger partial charge in [0.05, 0.1) is 16.8 Å². The van der Waals surface area contributed by atoms with E-state index in [1.165, 1.54) is 29.3 Å². The fraction of sp³-hybridized carbons (Fsp3) is 0.182. The summed E-state index contributed by atoms with van der Waals surface area (Å²) in [5.41, 5.74) is 1.46. The molecule has 142 valence electrons. The molecular formula is C22H19FN2O3. The second kappa shape index (κ2) is 6.34. The molecule has 2 aromatic carbocycles. The first-order valence-electron chi connectivity index (χ1n) is 8.92. The molecule has 1 aliphatic heterocycles. The second-order valence-corrected chi connectivity index (χ2v) is 7.57. The van der Waals surface area contributed by atoms with Gasteiger partial charge in [0.1, 0.15) is 5.82 Å². The van der Waals surface area contributed by atoms with Crippen LogP contribution in [0.25, 0.3) is 16.5 Å². The number of carboxylic acids is 1. The van der Waals surface area contributed by atoms with Crippen molar-refractivity contribution in [1.82, 2.24) is 9.88 Å². The standard InChI is InChI=1S/C22H19FN2O3/c1-22(2)12-25(20(26)13-7-3-5-9-16(13)23)11-15(21(27)28)19-18(22)14-8-4-6-10-17(14)24-19/h3-11,24H,12H2,1-2H3,(H,27,28). The second-order valence-electron chi connectivity index (χ2n) is 7.57. The summed E-state index contributed by atoms with van der Waals surface area (Å²) in [5.74, 6) is -2.36. The maximum atomic E-state index is 14.2. The Bertz CT molecular complexity index is 1140. The zero-order valence-corrected chi connectivity index (χ0v) is 15.5. The van der Waals surface area contributed by atoms with E-state index in [0.29, 0.717) is 5.69 Å². The highest BCUT2D eigenvalue weighted by molar-refractivity contribution is 6.17. The van der Waals surface area contributed by atoms with Gasteiger partial charge in [0.2, 0.25) is 0 Å². The van der Waals surface area contributed by atoms with E-state index in [1.54, 1.807) is 6.07 Å². The van der Waals surface area contributed by atoms with Crippen molar-refractivity contribution in [2.24, 2.45) is 0 Å². The highest BCUT2D eigenvalue weighted by atomic mass is 19.1. The maximum Gasteiger partial charge on any atom is 0.339 e. The van der Waals surface area contributed by atoms with Gasteiger partial charge in [-0.3, -0.25) is 4.79 Å². The summed E-state index contributed by atoms with van der Waals surface area (Å²) in [6.07, 6.45) is 1.31. The number of benzene rings is 2. The predicted molar refractivity (Wildman–Crippen MR) is 104 cm³/mol. The Labute approximate surface area is 161 Å². The Morgan fingerprint density at radius 1 is 1.11 bits per heavy atom. The molecule has 0 spiro atoms. The van der Waals surface area contributed by atoms with Crippen molar-refractivity contribution < 1.29 is 19.1 Å². The van der Waals surface area contributed by atoms with Crippen molar-refractivity contribution >= 4 is 28.4 Å². The quantitative estimate of drug-likeness (QED) is 0.703. The number of carboxylic acid groups (broad SMARTS) is 1. The largest absolute Gasteiger partial charge is 0.478 e. The van der Waals surface area contributed by atoms with Crippen molar-refractivity contribution in [1.29, 1.82) is 0 Å². The summed E-state index contributed by atoms with van der Waals surface area (Å²) in [6.45, 7) is 4.12. The molecule has 0 saturated heterocycles. The third-order valence-corrected chi connectivity index (χ3v) is 5.10. The monoisotopic (exact) mass is 378 g/mol. The van der Waals surface area contributed by atoms with Crippen LogP contribution in [-0.4, -0.2) is 33.4 Å². The van der Waals surface area contributed by atoms with E-state index in [2.05, 4.69) is 4.98 Å². The van der Waals surface area contributed by atoms with E-state index in [-0.39, 0.29) is 17.7 Å². The first-order valence-corrected chi connectivity index (χ1v) is 8.92. The minimum atomic E-state index is -1.16. The van der Waals surface area contributed by atoms with Gasteiger partial charge in [-0.05, 0) is 23.8 Å². The molecule has 0 fully saturated rings. The summed E-state index contributed by atoms with van der Waals surface area (Å²) in [5, 5.41) is 10.7. The molecule has 0 saturated carbocycles. The molecule has 1 amide bonds. The third kappa shape index (κ3) is 2.78. The van der Waals surface area contributed by atoms with Crippen molar-refractivity contribution in [3.05, 3.63) is 77.4 Å². The number of rotatable bonds is 2. The van der Waals surface area contributed by atoms with Crippen LogP contribution in [0, 0.1) is 5.82 Å². The number of aromatic amines is 1. The highest BCUT2D eigenvalue weighted by Crippen LogP contribution is 2.40. The minimum Gasteiger partial charge on any atom is -0.478 e. The number of hydrogen-bond donors (Lipinski definition) is 2. The number of para-hydroxylation sites is 1. The molecule has 0 unspecified atom stereocenters. The van der Waals surface area contributed by atoms with Crippen LogP contribution in [0.5, 0.6) is 0 Å². The molecule has 0 aliphatic carbocycles. The lowest BCUT2D eigenvalue weighted by Crippen LogP contribution is -2.37. The number of halogens is 1. The number of amides is 1. The highest BCUT2D eigenvalue weighted by Gasteiger charge is 2.37. The average Bonchev–Trinajstić information content (AvgIpc) is 2.99. The predicted octanol–water partition coefficient (Wildman–Crippen LogP) is 4.17. The zero-order valence-electron chi connectivity index (χ0n) is 15.5. The van der Waals surface area contributed by atoms with Gasteiger partial charge in [-0.25, -0.2) is 9.18 Å². The number of nitrogens with zero attached hydrogens (tertiary/aromatic N) is 1. The fourth-order valence-corrected chi connectivity index (χ4v) is 3.90. The van der Waals surface area contributed by atoms with Crippen molar-refractivity contribution in [3.63, 3.8) is 0 Å².